The van der Waals surface area contributed by atoms with Crippen molar-refractivity contribution >= 4 is 17.7 Å². The molecule has 3 rings (SSSR count). The fraction of sp³-hybridized carbons (Fsp3) is 0.444. The molecule has 0 bridgehead atoms. The largest absolute Gasteiger partial charge is 0.352 e. The van der Waals surface area contributed by atoms with Gasteiger partial charge in [0, 0.05) is 43.7 Å². The number of thioether (sulfide) groups is 1. The molecule has 6 heteroatoms. The maximum absolute atomic E-state index is 12.7. The van der Waals surface area contributed by atoms with E-state index >= 15 is 0 Å². The normalized spacial score (nSPS) is 20.3. The van der Waals surface area contributed by atoms with Crippen molar-refractivity contribution in [1.82, 2.24) is 20.4 Å². The zero-order valence-corrected chi connectivity index (χ0v) is 15.2. The van der Waals surface area contributed by atoms with Crippen molar-refractivity contribution in [2.24, 2.45) is 13.0 Å². The van der Waals surface area contributed by atoms with E-state index in [0.29, 0.717) is 13.1 Å². The fourth-order valence-electron chi connectivity index (χ4n) is 3.25. The Labute approximate surface area is 147 Å². The first kappa shape index (κ1) is 17.0. The monoisotopic (exact) mass is 344 g/mol. The molecular formula is C18H24N4OS. The summed E-state index contributed by atoms with van der Waals surface area (Å²) < 4.78 is 1.79. The Morgan fingerprint density at radius 3 is 3.00 bits per heavy atom. The third kappa shape index (κ3) is 3.65. The van der Waals surface area contributed by atoms with Crippen molar-refractivity contribution in [2.45, 2.75) is 24.3 Å². The molecule has 1 aromatic heterocycles. The molecule has 1 aliphatic rings. The van der Waals surface area contributed by atoms with E-state index in [1.54, 1.807) is 16.4 Å². The molecule has 1 aliphatic heterocycles. The van der Waals surface area contributed by atoms with Gasteiger partial charge in [0.15, 0.2) is 0 Å². The summed E-state index contributed by atoms with van der Waals surface area (Å²) in [5.41, 5.74) is 3.54. The summed E-state index contributed by atoms with van der Waals surface area (Å²) >= 11 is 1.72. The maximum atomic E-state index is 12.7. The number of aryl methyl sites for hydroxylation is 2. The zero-order valence-electron chi connectivity index (χ0n) is 14.4. The van der Waals surface area contributed by atoms with Gasteiger partial charge in [-0.05, 0) is 35.9 Å². The van der Waals surface area contributed by atoms with E-state index in [2.05, 4.69) is 47.1 Å². The van der Waals surface area contributed by atoms with E-state index in [0.717, 1.165) is 12.1 Å². The Kier molecular flexibility index (Phi) is 5.26. The Balaban J connectivity index is 1.66. The highest BCUT2D eigenvalue weighted by Crippen LogP contribution is 2.28. The summed E-state index contributed by atoms with van der Waals surface area (Å²) in [6, 6.07) is 6.37. The minimum atomic E-state index is -0.0441. The Bertz CT molecular complexity index is 728. The number of hydrogen-bond donors (Lipinski definition) is 2. The van der Waals surface area contributed by atoms with Gasteiger partial charge in [-0.2, -0.15) is 5.10 Å². The predicted octanol–water partition coefficient (Wildman–Crippen LogP) is 2.07. The van der Waals surface area contributed by atoms with Crippen LogP contribution >= 0.6 is 11.8 Å². The van der Waals surface area contributed by atoms with Gasteiger partial charge >= 0.3 is 0 Å². The fourth-order valence-corrected chi connectivity index (χ4v) is 3.95. The van der Waals surface area contributed by atoms with Crippen molar-refractivity contribution in [3.63, 3.8) is 0 Å². The summed E-state index contributed by atoms with van der Waals surface area (Å²) in [7, 11) is 1.91. The van der Waals surface area contributed by atoms with E-state index in [-0.39, 0.29) is 17.7 Å². The number of amides is 1. The number of carbonyl (C=O) groups is 1. The van der Waals surface area contributed by atoms with E-state index in [4.69, 9.17) is 0 Å². The summed E-state index contributed by atoms with van der Waals surface area (Å²) in [5.74, 6) is 0.260. The lowest BCUT2D eigenvalue weighted by molar-refractivity contribution is -0.125. The number of benzene rings is 1. The summed E-state index contributed by atoms with van der Waals surface area (Å²) in [5, 5.41) is 10.7. The standard InChI is InChI=1S/C18H24N4OS/c1-12-4-5-13(17(6-12)24-3)7-20-18(23)16-10-19-9-15(16)14-8-21-22(2)11-14/h4-6,8,11,15-16,19H,7,9-10H2,1-3H3,(H,20,23)/t15-,16+/m1/s1. The lowest BCUT2D eigenvalue weighted by Crippen LogP contribution is -2.34. The van der Waals surface area contributed by atoms with Crippen LogP contribution < -0.4 is 10.6 Å². The van der Waals surface area contributed by atoms with Crippen LogP contribution in [0.5, 0.6) is 0 Å². The maximum Gasteiger partial charge on any atom is 0.225 e. The van der Waals surface area contributed by atoms with Gasteiger partial charge < -0.3 is 10.6 Å². The zero-order chi connectivity index (χ0) is 17.1. The molecule has 0 aliphatic carbocycles. The number of nitrogens with zero attached hydrogens (tertiary/aromatic N) is 2. The minimum Gasteiger partial charge on any atom is -0.352 e. The van der Waals surface area contributed by atoms with E-state index < -0.39 is 0 Å². The van der Waals surface area contributed by atoms with Gasteiger partial charge in [0.1, 0.15) is 0 Å². The highest BCUT2D eigenvalue weighted by Gasteiger charge is 2.34. The van der Waals surface area contributed by atoms with Crippen molar-refractivity contribution in [1.29, 1.82) is 0 Å². The molecule has 1 aromatic carbocycles. The van der Waals surface area contributed by atoms with Crippen LogP contribution in [0.2, 0.25) is 0 Å². The summed E-state index contributed by atoms with van der Waals surface area (Å²) in [6.07, 6.45) is 5.94. The van der Waals surface area contributed by atoms with Crippen LogP contribution in [0, 0.1) is 12.8 Å². The molecule has 0 radical (unpaired) electrons. The van der Waals surface area contributed by atoms with Crippen molar-refractivity contribution in [2.75, 3.05) is 19.3 Å². The molecule has 2 heterocycles. The molecule has 1 amide bonds. The molecule has 0 unspecified atom stereocenters. The van der Waals surface area contributed by atoms with Gasteiger partial charge in [-0.25, -0.2) is 0 Å². The molecule has 2 N–H and O–H groups in total. The molecular weight excluding hydrogens is 320 g/mol. The van der Waals surface area contributed by atoms with E-state index in [1.165, 1.54) is 16.0 Å². The van der Waals surface area contributed by atoms with Gasteiger partial charge in [-0.3, -0.25) is 9.48 Å². The van der Waals surface area contributed by atoms with Crippen LogP contribution in [0.15, 0.2) is 35.5 Å². The van der Waals surface area contributed by atoms with Gasteiger partial charge in [-0.1, -0.05) is 12.1 Å². The first-order chi connectivity index (χ1) is 11.6. The molecule has 1 fully saturated rings. The van der Waals surface area contributed by atoms with Crippen LogP contribution in [-0.2, 0) is 18.4 Å². The van der Waals surface area contributed by atoms with Gasteiger partial charge in [0.25, 0.3) is 0 Å². The molecule has 128 valence electrons. The highest BCUT2D eigenvalue weighted by atomic mass is 32.2. The number of aromatic nitrogens is 2. The first-order valence-corrected chi connectivity index (χ1v) is 9.41. The van der Waals surface area contributed by atoms with Crippen molar-refractivity contribution in [3.8, 4) is 0 Å². The second-order valence-electron chi connectivity index (χ2n) is 6.35. The number of hydrogen-bond acceptors (Lipinski definition) is 4. The molecule has 1 saturated heterocycles. The lowest BCUT2D eigenvalue weighted by atomic mass is 9.90. The summed E-state index contributed by atoms with van der Waals surface area (Å²) in [4.78, 5) is 13.9. The van der Waals surface area contributed by atoms with Gasteiger partial charge in [0.05, 0.1) is 12.1 Å². The Hall–Kier alpha value is -1.79. The molecule has 24 heavy (non-hydrogen) atoms. The average Bonchev–Trinajstić information content (AvgIpc) is 3.21. The average molecular weight is 344 g/mol. The van der Waals surface area contributed by atoms with Crippen molar-refractivity contribution < 1.29 is 4.79 Å². The van der Waals surface area contributed by atoms with Gasteiger partial charge in [-0.15, -0.1) is 11.8 Å². The van der Waals surface area contributed by atoms with Crippen LogP contribution in [-0.4, -0.2) is 35.0 Å². The molecule has 0 saturated carbocycles. The van der Waals surface area contributed by atoms with E-state index in [1.807, 2.05) is 19.4 Å². The number of nitrogens with one attached hydrogen (secondary N) is 2. The second-order valence-corrected chi connectivity index (χ2v) is 7.20. The lowest BCUT2D eigenvalue weighted by Gasteiger charge is -2.18. The SMILES string of the molecule is CSc1cc(C)ccc1CNC(=O)[C@H]1CNC[C@@H]1c1cnn(C)c1. The van der Waals surface area contributed by atoms with Crippen molar-refractivity contribution in [3.05, 3.63) is 47.3 Å². The predicted molar refractivity (Wildman–Crippen MR) is 97.1 cm³/mol. The molecule has 5 nitrogen and oxygen atoms in total. The van der Waals surface area contributed by atoms with E-state index in [9.17, 15) is 4.79 Å². The number of rotatable bonds is 5. The Morgan fingerprint density at radius 2 is 2.29 bits per heavy atom. The topological polar surface area (TPSA) is 59.0 Å². The quantitative estimate of drug-likeness (QED) is 0.815. The van der Waals surface area contributed by atoms with Crippen LogP contribution in [0.3, 0.4) is 0 Å². The second kappa shape index (κ2) is 7.40. The Morgan fingerprint density at radius 1 is 1.46 bits per heavy atom. The molecule has 2 aromatic rings. The van der Waals surface area contributed by atoms with Crippen LogP contribution in [0.4, 0.5) is 0 Å². The summed E-state index contributed by atoms with van der Waals surface area (Å²) in [6.45, 7) is 4.20. The minimum absolute atomic E-state index is 0.0441. The van der Waals surface area contributed by atoms with Crippen LogP contribution in [0.25, 0.3) is 0 Å². The number of carbonyl (C=O) groups excluding carboxylic acids is 1. The third-order valence-electron chi connectivity index (χ3n) is 4.60. The third-order valence-corrected chi connectivity index (χ3v) is 5.42. The molecule has 2 atom stereocenters. The van der Waals surface area contributed by atoms with Crippen LogP contribution in [0.1, 0.15) is 22.6 Å². The van der Waals surface area contributed by atoms with Gasteiger partial charge in [0.2, 0.25) is 5.91 Å². The first-order valence-electron chi connectivity index (χ1n) is 8.19. The molecule has 0 spiro atoms. The highest BCUT2D eigenvalue weighted by molar-refractivity contribution is 7.98. The smallest absolute Gasteiger partial charge is 0.225 e.